The Morgan fingerprint density at radius 2 is 1.91 bits per heavy atom. The minimum atomic E-state index is -0.972. The van der Waals surface area contributed by atoms with E-state index in [4.69, 9.17) is 5.73 Å². The Labute approximate surface area is 197 Å². The molecule has 4 aromatic rings. The molecular weight excluding hydrogens is 464 g/mol. The van der Waals surface area contributed by atoms with Gasteiger partial charge in [-0.3, -0.25) is 14.6 Å². The third-order valence-corrected chi connectivity index (χ3v) is 5.55. The van der Waals surface area contributed by atoms with Gasteiger partial charge in [-0.15, -0.1) is 3.89 Å². The van der Waals surface area contributed by atoms with Crippen LogP contribution in [0.4, 0.5) is 19.8 Å². The van der Waals surface area contributed by atoms with E-state index in [1.54, 1.807) is 12.3 Å². The molecule has 0 aliphatic heterocycles. The number of amides is 2. The van der Waals surface area contributed by atoms with E-state index in [1.807, 2.05) is 13.0 Å². The van der Waals surface area contributed by atoms with Gasteiger partial charge in [-0.1, -0.05) is 18.2 Å². The maximum absolute atomic E-state index is 13.3. The number of fused-ring (bicyclic) bond motifs is 1. The second kappa shape index (κ2) is 9.83. The number of hydrogen-bond acceptors (Lipinski definition) is 7. The summed E-state index contributed by atoms with van der Waals surface area (Å²) >= 11 is -0.187. The predicted octanol–water partition coefficient (Wildman–Crippen LogP) is 3.40. The number of carbonyl (C=O) groups is 2. The molecule has 3 N–H and O–H groups in total. The van der Waals surface area contributed by atoms with Crippen molar-refractivity contribution < 1.29 is 17.9 Å². The van der Waals surface area contributed by atoms with Crippen molar-refractivity contribution >= 4 is 46.6 Å². The number of benzene rings is 1. The lowest BCUT2D eigenvalue weighted by atomic mass is 10.1. The summed E-state index contributed by atoms with van der Waals surface area (Å²) in [7, 11) is 0. The zero-order valence-electron chi connectivity index (χ0n) is 17.9. The summed E-state index contributed by atoms with van der Waals surface area (Å²) < 4.78 is 27.6. The average molecular weight is 484 g/mol. The molecule has 34 heavy (non-hydrogen) atoms. The van der Waals surface area contributed by atoms with Gasteiger partial charge >= 0.3 is 11.8 Å². The SMILES string of the molecule is Cc1cccnc1CN(Cc1ccc(F)cc1)C(=O)C(=O)Nc1cnc(N)c2cnn(SF)c12. The molecule has 1 aromatic carbocycles. The first-order valence-electron chi connectivity index (χ1n) is 10.0. The number of nitrogens with two attached hydrogens (primary N) is 1. The van der Waals surface area contributed by atoms with Crippen LogP contribution in [0.3, 0.4) is 0 Å². The molecule has 0 aliphatic carbocycles. The fraction of sp³-hybridized carbons (Fsp3) is 0.136. The molecule has 0 aliphatic rings. The van der Waals surface area contributed by atoms with Crippen molar-refractivity contribution in [3.63, 3.8) is 0 Å². The molecule has 174 valence electrons. The first-order chi connectivity index (χ1) is 16.4. The molecule has 4 rings (SSSR count). The normalized spacial score (nSPS) is 10.9. The minimum Gasteiger partial charge on any atom is -0.383 e. The van der Waals surface area contributed by atoms with E-state index >= 15 is 0 Å². The van der Waals surface area contributed by atoms with Gasteiger partial charge in [0.25, 0.3) is 0 Å². The van der Waals surface area contributed by atoms with E-state index in [-0.39, 0.29) is 42.4 Å². The smallest absolute Gasteiger partial charge is 0.314 e. The summed E-state index contributed by atoms with van der Waals surface area (Å²) in [6.45, 7) is 1.93. The van der Waals surface area contributed by atoms with Gasteiger partial charge in [0, 0.05) is 12.7 Å². The van der Waals surface area contributed by atoms with Crippen LogP contribution in [-0.4, -0.2) is 35.9 Å². The molecule has 12 heteroatoms. The number of hydrogen-bond donors (Lipinski definition) is 2. The van der Waals surface area contributed by atoms with Crippen molar-refractivity contribution in [1.29, 1.82) is 0 Å². The van der Waals surface area contributed by atoms with Crippen LogP contribution < -0.4 is 11.1 Å². The Kier molecular flexibility index (Phi) is 6.68. The highest BCUT2D eigenvalue weighted by Crippen LogP contribution is 2.29. The third-order valence-electron chi connectivity index (χ3n) is 5.14. The van der Waals surface area contributed by atoms with Crippen molar-refractivity contribution in [3.8, 4) is 0 Å². The number of anilines is 2. The van der Waals surface area contributed by atoms with Gasteiger partial charge in [0.2, 0.25) is 0 Å². The first kappa shape index (κ1) is 23.1. The Morgan fingerprint density at radius 3 is 2.62 bits per heavy atom. The molecule has 0 fully saturated rings. The van der Waals surface area contributed by atoms with E-state index in [2.05, 4.69) is 20.4 Å². The topological polar surface area (TPSA) is 119 Å². The molecular formula is C22H19F2N7O2S. The Balaban J connectivity index is 1.63. The minimum absolute atomic E-state index is 0.0379. The van der Waals surface area contributed by atoms with Crippen LogP contribution in [0, 0.1) is 12.7 Å². The van der Waals surface area contributed by atoms with Gasteiger partial charge in [-0.05, 0) is 36.2 Å². The lowest BCUT2D eigenvalue weighted by molar-refractivity contribution is -0.144. The molecule has 3 heterocycles. The fourth-order valence-electron chi connectivity index (χ4n) is 3.37. The second-order valence-corrected chi connectivity index (χ2v) is 7.90. The Bertz CT molecular complexity index is 1360. The first-order valence-corrected chi connectivity index (χ1v) is 10.7. The zero-order valence-corrected chi connectivity index (χ0v) is 18.7. The lowest BCUT2D eigenvalue weighted by Gasteiger charge is -2.23. The average Bonchev–Trinajstić information content (AvgIpc) is 3.28. The van der Waals surface area contributed by atoms with Crippen LogP contribution in [0.5, 0.6) is 0 Å². The Hall–Kier alpha value is -4.06. The van der Waals surface area contributed by atoms with Crippen LogP contribution in [0.25, 0.3) is 10.9 Å². The molecule has 3 aromatic heterocycles. The molecule has 2 amide bonds. The van der Waals surface area contributed by atoms with Gasteiger partial charge in [0.1, 0.15) is 17.2 Å². The van der Waals surface area contributed by atoms with Gasteiger partial charge < -0.3 is 16.0 Å². The van der Waals surface area contributed by atoms with Crippen LogP contribution in [0.2, 0.25) is 0 Å². The van der Waals surface area contributed by atoms with Crippen LogP contribution >= 0.6 is 12.3 Å². The molecule has 0 atom stereocenters. The second-order valence-electron chi connectivity index (χ2n) is 7.41. The van der Waals surface area contributed by atoms with Crippen LogP contribution in [0.15, 0.2) is 55.0 Å². The van der Waals surface area contributed by atoms with Crippen LogP contribution in [-0.2, 0) is 22.7 Å². The number of carbonyl (C=O) groups excluding carboxylic acids is 2. The van der Waals surface area contributed by atoms with Gasteiger partial charge in [0.15, 0.2) is 12.3 Å². The maximum Gasteiger partial charge on any atom is 0.314 e. The van der Waals surface area contributed by atoms with Gasteiger partial charge in [-0.25, -0.2) is 9.37 Å². The molecule has 0 saturated heterocycles. The number of pyridine rings is 2. The van der Waals surface area contributed by atoms with E-state index in [0.29, 0.717) is 16.6 Å². The van der Waals surface area contributed by atoms with Crippen molar-refractivity contribution in [3.05, 3.63) is 77.6 Å². The quantitative estimate of drug-likeness (QED) is 0.404. The number of nitrogens with one attached hydrogen (secondary N) is 1. The lowest BCUT2D eigenvalue weighted by Crippen LogP contribution is -2.39. The molecule has 9 nitrogen and oxygen atoms in total. The van der Waals surface area contributed by atoms with E-state index < -0.39 is 17.6 Å². The standard InChI is InChI=1S/C22H19F2N7O2S/c1-13-3-2-8-26-18(13)12-30(11-14-4-6-15(23)7-5-14)22(33)21(32)29-17-10-27-20(25)16-9-28-31(34-24)19(16)17/h2-10H,11-12H2,1H3,(H2,25,27)(H,29,32). The summed E-state index contributed by atoms with van der Waals surface area (Å²) in [4.78, 5) is 35.7. The number of rotatable bonds is 6. The highest BCUT2D eigenvalue weighted by Gasteiger charge is 2.25. The third kappa shape index (κ3) is 4.81. The summed E-state index contributed by atoms with van der Waals surface area (Å²) in [6.07, 6.45) is 4.13. The van der Waals surface area contributed by atoms with E-state index in [1.165, 1.54) is 41.6 Å². The monoisotopic (exact) mass is 483 g/mol. The zero-order chi connectivity index (χ0) is 24.2. The molecule has 0 radical (unpaired) electrons. The maximum atomic E-state index is 13.3. The molecule has 0 bridgehead atoms. The number of halogens is 2. The largest absolute Gasteiger partial charge is 0.383 e. The van der Waals surface area contributed by atoms with E-state index in [0.717, 1.165) is 9.65 Å². The summed E-state index contributed by atoms with van der Waals surface area (Å²) in [5.41, 5.74) is 8.13. The summed E-state index contributed by atoms with van der Waals surface area (Å²) in [5, 5.41) is 6.65. The predicted molar refractivity (Wildman–Crippen MR) is 124 cm³/mol. The summed E-state index contributed by atoms with van der Waals surface area (Å²) in [5.74, 6) is -2.15. The molecule has 0 spiro atoms. The van der Waals surface area contributed by atoms with Crippen molar-refractivity contribution in [2.75, 3.05) is 11.1 Å². The molecule has 0 unspecified atom stereocenters. The highest BCUT2D eigenvalue weighted by atomic mass is 32.2. The number of nitrogens with zero attached hydrogens (tertiary/aromatic N) is 5. The van der Waals surface area contributed by atoms with E-state index in [9.17, 15) is 17.9 Å². The van der Waals surface area contributed by atoms with Crippen LogP contribution in [0.1, 0.15) is 16.8 Å². The number of nitrogen functional groups attached to an aromatic ring is 1. The Morgan fingerprint density at radius 1 is 1.15 bits per heavy atom. The fourth-order valence-corrected chi connectivity index (χ4v) is 3.72. The van der Waals surface area contributed by atoms with Crippen molar-refractivity contribution in [2.24, 2.45) is 0 Å². The van der Waals surface area contributed by atoms with Crippen molar-refractivity contribution in [2.45, 2.75) is 20.0 Å². The number of aromatic nitrogens is 4. The molecule has 0 saturated carbocycles. The van der Waals surface area contributed by atoms with Gasteiger partial charge in [0.05, 0.1) is 35.7 Å². The highest BCUT2D eigenvalue weighted by molar-refractivity contribution is 7.92. The summed E-state index contributed by atoms with van der Waals surface area (Å²) in [6, 6.07) is 9.22. The van der Waals surface area contributed by atoms with Crippen molar-refractivity contribution in [1.82, 2.24) is 24.1 Å². The van der Waals surface area contributed by atoms with Gasteiger partial charge in [-0.2, -0.15) is 9.19 Å². The number of aryl methyl sites for hydroxylation is 1.